The molecule has 68 valence electrons. The van der Waals surface area contributed by atoms with Gasteiger partial charge in [-0.25, -0.2) is 0 Å². The Bertz CT molecular complexity index is 208. The summed E-state index contributed by atoms with van der Waals surface area (Å²) in [6, 6.07) is 0.412. The molecule has 0 radical (unpaired) electrons. The molecule has 0 aliphatic rings. The van der Waals surface area contributed by atoms with Gasteiger partial charge in [0, 0.05) is 6.04 Å². The molecule has 0 fully saturated rings. The summed E-state index contributed by atoms with van der Waals surface area (Å²) in [6.45, 7) is 7.50. The highest BCUT2D eigenvalue weighted by Gasteiger charge is 2.15. The van der Waals surface area contributed by atoms with Crippen molar-refractivity contribution in [2.75, 3.05) is 6.54 Å². The van der Waals surface area contributed by atoms with Gasteiger partial charge in [0.2, 0.25) is 0 Å². The van der Waals surface area contributed by atoms with E-state index >= 15 is 0 Å². The summed E-state index contributed by atoms with van der Waals surface area (Å²) < 4.78 is 3.86. The highest BCUT2D eigenvalue weighted by Crippen LogP contribution is 2.22. The molecule has 12 heavy (non-hydrogen) atoms. The highest BCUT2D eigenvalue weighted by atomic mass is 32.1. The minimum absolute atomic E-state index is 0.412. The second kappa shape index (κ2) is 4.52. The Balaban J connectivity index is 2.66. The highest BCUT2D eigenvalue weighted by molar-refractivity contribution is 7.05. The molecule has 3 nitrogen and oxygen atoms in total. The Morgan fingerprint density at radius 3 is 2.75 bits per heavy atom. The van der Waals surface area contributed by atoms with Crippen molar-refractivity contribution in [3.63, 3.8) is 0 Å². The minimum Gasteiger partial charge on any atom is -0.309 e. The van der Waals surface area contributed by atoms with Crippen molar-refractivity contribution in [3.05, 3.63) is 11.1 Å². The number of hydrogen-bond acceptors (Lipinski definition) is 4. The zero-order valence-corrected chi connectivity index (χ0v) is 8.56. The number of nitrogens with one attached hydrogen (secondary N) is 1. The molecule has 0 bridgehead atoms. The Kier molecular flexibility index (Phi) is 3.62. The van der Waals surface area contributed by atoms with Crippen molar-refractivity contribution in [1.29, 1.82) is 0 Å². The van der Waals surface area contributed by atoms with Crippen LogP contribution in [0.1, 0.15) is 31.7 Å². The Morgan fingerprint density at radius 1 is 1.58 bits per heavy atom. The molecule has 1 aromatic heterocycles. The standard InChI is InChI=1S/C8H15N3S/c1-4-9-8(6(2)3)7-5-10-11-12-7/h5-6,8-9H,4H2,1-3H3. The lowest BCUT2D eigenvalue weighted by Gasteiger charge is -2.18. The van der Waals surface area contributed by atoms with Gasteiger partial charge in [0.25, 0.3) is 0 Å². The molecule has 0 saturated heterocycles. The van der Waals surface area contributed by atoms with Crippen molar-refractivity contribution in [1.82, 2.24) is 14.9 Å². The lowest BCUT2D eigenvalue weighted by molar-refractivity contribution is 0.427. The fourth-order valence-corrected chi connectivity index (χ4v) is 1.95. The summed E-state index contributed by atoms with van der Waals surface area (Å²) in [5.41, 5.74) is 0. The topological polar surface area (TPSA) is 37.8 Å². The lowest BCUT2D eigenvalue weighted by atomic mass is 10.0. The number of hydrogen-bond donors (Lipinski definition) is 1. The molecule has 1 N–H and O–H groups in total. The average Bonchev–Trinajstić information content (AvgIpc) is 2.51. The molecule has 0 amide bonds. The van der Waals surface area contributed by atoms with E-state index in [1.54, 1.807) is 0 Å². The zero-order valence-electron chi connectivity index (χ0n) is 7.74. The van der Waals surface area contributed by atoms with E-state index in [0.29, 0.717) is 12.0 Å². The van der Waals surface area contributed by atoms with Gasteiger partial charge < -0.3 is 5.32 Å². The lowest BCUT2D eigenvalue weighted by Crippen LogP contribution is -2.24. The van der Waals surface area contributed by atoms with Gasteiger partial charge in [0.1, 0.15) is 0 Å². The molecule has 1 atom stereocenters. The van der Waals surface area contributed by atoms with Crippen LogP contribution in [0.5, 0.6) is 0 Å². The fourth-order valence-electron chi connectivity index (χ4n) is 1.20. The monoisotopic (exact) mass is 185 g/mol. The predicted molar refractivity (Wildman–Crippen MR) is 51.2 cm³/mol. The first-order chi connectivity index (χ1) is 5.75. The van der Waals surface area contributed by atoms with Crippen LogP contribution in [0.4, 0.5) is 0 Å². The van der Waals surface area contributed by atoms with Crippen LogP contribution in [0.2, 0.25) is 0 Å². The van der Waals surface area contributed by atoms with Crippen LogP contribution in [-0.4, -0.2) is 16.1 Å². The fraction of sp³-hybridized carbons (Fsp3) is 0.750. The Morgan fingerprint density at radius 2 is 2.33 bits per heavy atom. The molecule has 1 rings (SSSR count). The van der Waals surface area contributed by atoms with Gasteiger partial charge in [0.05, 0.1) is 11.1 Å². The minimum atomic E-state index is 0.412. The van der Waals surface area contributed by atoms with Gasteiger partial charge >= 0.3 is 0 Å². The summed E-state index contributed by atoms with van der Waals surface area (Å²) in [4.78, 5) is 1.23. The first kappa shape index (κ1) is 9.61. The van der Waals surface area contributed by atoms with Gasteiger partial charge in [-0.1, -0.05) is 25.3 Å². The summed E-state index contributed by atoms with van der Waals surface area (Å²) in [7, 11) is 0. The van der Waals surface area contributed by atoms with Crippen LogP contribution in [-0.2, 0) is 0 Å². The molecule has 0 saturated carbocycles. The predicted octanol–water partition coefficient (Wildman–Crippen LogP) is 1.84. The summed E-state index contributed by atoms with van der Waals surface area (Å²) in [5.74, 6) is 0.590. The number of aromatic nitrogens is 2. The van der Waals surface area contributed by atoms with Gasteiger partial charge in [-0.15, -0.1) is 5.10 Å². The SMILES string of the molecule is CCNC(c1cnns1)C(C)C. The van der Waals surface area contributed by atoms with Crippen LogP contribution >= 0.6 is 11.5 Å². The van der Waals surface area contributed by atoms with Crippen LogP contribution in [0.25, 0.3) is 0 Å². The molecular weight excluding hydrogens is 170 g/mol. The van der Waals surface area contributed by atoms with E-state index in [9.17, 15) is 0 Å². The summed E-state index contributed by atoms with van der Waals surface area (Å²) >= 11 is 1.48. The van der Waals surface area contributed by atoms with Crippen LogP contribution in [0, 0.1) is 5.92 Å². The first-order valence-corrected chi connectivity index (χ1v) is 5.03. The molecule has 0 aliphatic carbocycles. The van der Waals surface area contributed by atoms with Crippen molar-refractivity contribution < 1.29 is 0 Å². The molecule has 1 unspecified atom stereocenters. The molecule has 4 heteroatoms. The Hall–Kier alpha value is -0.480. The van der Waals surface area contributed by atoms with Crippen LogP contribution < -0.4 is 5.32 Å². The van der Waals surface area contributed by atoms with E-state index in [4.69, 9.17) is 0 Å². The third-order valence-corrected chi connectivity index (χ3v) is 2.52. The maximum Gasteiger partial charge on any atom is 0.0669 e. The van der Waals surface area contributed by atoms with Crippen molar-refractivity contribution in [3.8, 4) is 0 Å². The van der Waals surface area contributed by atoms with E-state index in [1.807, 2.05) is 6.20 Å². The van der Waals surface area contributed by atoms with Gasteiger partial charge in [-0.2, -0.15) is 0 Å². The first-order valence-electron chi connectivity index (χ1n) is 4.26. The van der Waals surface area contributed by atoms with E-state index in [2.05, 4.69) is 35.7 Å². The summed E-state index contributed by atoms with van der Waals surface area (Å²) in [6.07, 6.45) is 1.85. The van der Waals surface area contributed by atoms with Crippen molar-refractivity contribution >= 4 is 11.5 Å². The molecule has 0 aliphatic heterocycles. The normalized spacial score (nSPS) is 13.7. The van der Waals surface area contributed by atoms with Gasteiger partial charge in [-0.05, 0) is 24.0 Å². The molecule has 0 spiro atoms. The van der Waals surface area contributed by atoms with Gasteiger partial charge in [-0.3, -0.25) is 0 Å². The number of nitrogens with zero attached hydrogens (tertiary/aromatic N) is 2. The van der Waals surface area contributed by atoms with E-state index in [1.165, 1.54) is 16.4 Å². The number of rotatable bonds is 4. The molecule has 1 heterocycles. The van der Waals surface area contributed by atoms with E-state index in [0.717, 1.165) is 6.54 Å². The largest absolute Gasteiger partial charge is 0.309 e. The molecular formula is C8H15N3S. The van der Waals surface area contributed by atoms with Crippen LogP contribution in [0.15, 0.2) is 6.20 Å². The van der Waals surface area contributed by atoms with E-state index < -0.39 is 0 Å². The second-order valence-electron chi connectivity index (χ2n) is 3.10. The summed E-state index contributed by atoms with van der Waals surface area (Å²) in [5, 5.41) is 7.25. The molecule has 1 aromatic rings. The quantitative estimate of drug-likeness (QED) is 0.778. The Labute approximate surface area is 77.4 Å². The maximum absolute atomic E-state index is 3.86. The third-order valence-electron chi connectivity index (χ3n) is 1.78. The second-order valence-corrected chi connectivity index (χ2v) is 3.92. The smallest absolute Gasteiger partial charge is 0.0669 e. The van der Waals surface area contributed by atoms with Crippen molar-refractivity contribution in [2.24, 2.45) is 5.92 Å². The van der Waals surface area contributed by atoms with E-state index in [-0.39, 0.29) is 0 Å². The van der Waals surface area contributed by atoms with Crippen LogP contribution in [0.3, 0.4) is 0 Å². The van der Waals surface area contributed by atoms with Crippen molar-refractivity contribution in [2.45, 2.75) is 26.8 Å². The maximum atomic E-state index is 3.86. The van der Waals surface area contributed by atoms with Gasteiger partial charge in [0.15, 0.2) is 0 Å². The third kappa shape index (κ3) is 2.25. The zero-order chi connectivity index (χ0) is 8.97. The molecule has 0 aromatic carbocycles. The average molecular weight is 185 g/mol.